The Bertz CT molecular complexity index is 937. The van der Waals surface area contributed by atoms with Gasteiger partial charge < -0.3 is 4.40 Å². The third-order valence-corrected chi connectivity index (χ3v) is 5.80. The molecular formula is C23H27N5. The maximum Gasteiger partial charge on any atom is 0.137 e. The number of rotatable bonds is 6. The second-order valence-corrected chi connectivity index (χ2v) is 7.65. The number of piperidine rings is 1. The zero-order valence-electron chi connectivity index (χ0n) is 16.5. The summed E-state index contributed by atoms with van der Waals surface area (Å²) in [5.41, 5.74) is 4.59. The molecule has 0 aliphatic carbocycles. The Morgan fingerprint density at radius 3 is 2.86 bits per heavy atom. The van der Waals surface area contributed by atoms with Gasteiger partial charge in [-0.25, -0.2) is 4.98 Å². The van der Waals surface area contributed by atoms with Crippen LogP contribution in [0.5, 0.6) is 0 Å². The number of pyridine rings is 2. The average molecular weight is 374 g/mol. The maximum absolute atomic E-state index is 8.89. The first kappa shape index (κ1) is 18.6. The molecule has 3 aromatic rings. The zero-order chi connectivity index (χ0) is 19.3. The lowest BCUT2D eigenvalue weighted by atomic mass is 9.90. The van der Waals surface area contributed by atoms with E-state index in [0.717, 1.165) is 43.6 Å². The summed E-state index contributed by atoms with van der Waals surface area (Å²) < 4.78 is 2.11. The van der Waals surface area contributed by atoms with Crippen LogP contribution < -0.4 is 0 Å². The van der Waals surface area contributed by atoms with Crippen molar-refractivity contribution in [1.29, 1.82) is 5.26 Å². The summed E-state index contributed by atoms with van der Waals surface area (Å²) in [5.74, 6) is 0. The molecule has 5 heteroatoms. The van der Waals surface area contributed by atoms with Crippen LogP contribution in [0.25, 0.3) is 5.65 Å². The van der Waals surface area contributed by atoms with Crippen LogP contribution in [0.1, 0.15) is 67.6 Å². The van der Waals surface area contributed by atoms with Gasteiger partial charge in [0.1, 0.15) is 5.65 Å². The largest absolute Gasteiger partial charge is 0.307 e. The lowest BCUT2D eigenvalue weighted by Crippen LogP contribution is -2.38. The minimum absolute atomic E-state index is 0.294. The van der Waals surface area contributed by atoms with Crippen LogP contribution in [0.4, 0.5) is 0 Å². The van der Waals surface area contributed by atoms with Crippen LogP contribution >= 0.6 is 0 Å². The Hall–Kier alpha value is -2.71. The summed E-state index contributed by atoms with van der Waals surface area (Å²) in [5, 5.41) is 8.89. The number of hydrogen-bond donors (Lipinski definition) is 0. The van der Waals surface area contributed by atoms with Crippen LogP contribution in [0.15, 0.2) is 48.9 Å². The maximum atomic E-state index is 8.89. The average Bonchev–Trinajstić information content (AvgIpc) is 3.16. The lowest BCUT2D eigenvalue weighted by molar-refractivity contribution is 0.0750. The fourth-order valence-corrected chi connectivity index (χ4v) is 4.44. The Labute approximate surface area is 166 Å². The highest BCUT2D eigenvalue weighted by molar-refractivity contribution is 5.40. The Kier molecular flexibility index (Phi) is 5.68. The molecule has 5 nitrogen and oxygen atoms in total. The van der Waals surface area contributed by atoms with Crippen molar-refractivity contribution < 1.29 is 0 Å². The Morgan fingerprint density at radius 2 is 2.04 bits per heavy atom. The molecule has 0 spiro atoms. The van der Waals surface area contributed by atoms with Gasteiger partial charge in [-0.2, -0.15) is 5.26 Å². The molecule has 0 unspecified atom stereocenters. The number of hydrogen-bond acceptors (Lipinski definition) is 4. The van der Waals surface area contributed by atoms with E-state index in [1.165, 1.54) is 17.7 Å². The first-order valence-corrected chi connectivity index (χ1v) is 10.3. The van der Waals surface area contributed by atoms with Crippen molar-refractivity contribution in [2.45, 2.75) is 57.5 Å². The van der Waals surface area contributed by atoms with E-state index >= 15 is 0 Å². The number of unbranched alkanes of at least 4 members (excludes halogenated alkanes) is 2. The fourth-order valence-electron chi connectivity index (χ4n) is 4.44. The molecular weight excluding hydrogens is 346 g/mol. The van der Waals surface area contributed by atoms with E-state index in [1.54, 1.807) is 0 Å². The second kappa shape index (κ2) is 8.53. The van der Waals surface area contributed by atoms with Crippen molar-refractivity contribution in [2.75, 3.05) is 6.54 Å². The summed E-state index contributed by atoms with van der Waals surface area (Å²) in [7, 11) is 0. The van der Waals surface area contributed by atoms with Crippen molar-refractivity contribution in [3.05, 3.63) is 65.9 Å². The van der Waals surface area contributed by atoms with Gasteiger partial charge in [0.25, 0.3) is 0 Å². The van der Waals surface area contributed by atoms with Gasteiger partial charge >= 0.3 is 0 Å². The van der Waals surface area contributed by atoms with E-state index in [4.69, 9.17) is 15.2 Å². The minimum atomic E-state index is 0.294. The van der Waals surface area contributed by atoms with Gasteiger partial charge in [0.15, 0.2) is 0 Å². The molecule has 3 aromatic heterocycles. The van der Waals surface area contributed by atoms with E-state index in [1.807, 2.05) is 24.4 Å². The molecule has 144 valence electrons. The van der Waals surface area contributed by atoms with Crippen molar-refractivity contribution in [3.63, 3.8) is 0 Å². The first-order chi connectivity index (χ1) is 13.8. The number of aromatic nitrogens is 3. The molecule has 0 bridgehead atoms. The summed E-state index contributed by atoms with van der Waals surface area (Å²) in [6, 6.07) is 13.2. The molecule has 1 fully saturated rings. The number of nitriles is 1. The predicted octanol–water partition coefficient (Wildman–Crippen LogP) is 5.00. The highest BCUT2D eigenvalue weighted by Gasteiger charge is 2.34. The Morgan fingerprint density at radius 1 is 1.14 bits per heavy atom. The van der Waals surface area contributed by atoms with Gasteiger partial charge in [-0.05, 0) is 69.3 Å². The quantitative estimate of drug-likeness (QED) is 0.571. The molecule has 0 aromatic carbocycles. The smallest absolute Gasteiger partial charge is 0.137 e. The second-order valence-electron chi connectivity index (χ2n) is 7.65. The van der Waals surface area contributed by atoms with Gasteiger partial charge in [0.2, 0.25) is 0 Å². The molecule has 2 atom stereocenters. The molecule has 0 N–H and O–H groups in total. The van der Waals surface area contributed by atoms with Gasteiger partial charge in [0, 0.05) is 25.0 Å². The first-order valence-electron chi connectivity index (χ1n) is 10.3. The Balaban J connectivity index is 1.66. The van der Waals surface area contributed by atoms with Crippen molar-refractivity contribution in [2.24, 2.45) is 0 Å². The van der Waals surface area contributed by atoms with Gasteiger partial charge in [0.05, 0.1) is 29.5 Å². The van der Waals surface area contributed by atoms with E-state index < -0.39 is 0 Å². The van der Waals surface area contributed by atoms with Gasteiger partial charge in [-0.15, -0.1) is 0 Å². The number of aryl methyl sites for hydroxylation is 1. The number of fused-ring (bicyclic) bond motifs is 1. The highest BCUT2D eigenvalue weighted by atomic mass is 15.2. The van der Waals surface area contributed by atoms with Crippen LogP contribution in [0.3, 0.4) is 0 Å². The normalized spacial score (nSPS) is 20.3. The molecule has 28 heavy (non-hydrogen) atoms. The van der Waals surface area contributed by atoms with Gasteiger partial charge in [-0.3, -0.25) is 9.88 Å². The predicted molar refractivity (Wildman–Crippen MR) is 110 cm³/mol. The van der Waals surface area contributed by atoms with E-state index in [0.29, 0.717) is 18.5 Å². The highest BCUT2D eigenvalue weighted by Crippen LogP contribution is 2.41. The topological polar surface area (TPSA) is 57.2 Å². The molecule has 4 heterocycles. The van der Waals surface area contributed by atoms with Crippen molar-refractivity contribution in [3.8, 4) is 6.07 Å². The van der Waals surface area contributed by atoms with E-state index in [-0.39, 0.29) is 0 Å². The SMILES string of the molecule is Cc1cccnc1[C@@H]1CCC[C@H](c2cn3ccccc3n2)N1CCCCC#N. The minimum Gasteiger partial charge on any atom is -0.307 e. The molecule has 4 rings (SSSR count). The summed E-state index contributed by atoms with van der Waals surface area (Å²) in [6.07, 6.45) is 12.2. The molecule has 0 saturated carbocycles. The monoisotopic (exact) mass is 373 g/mol. The fraction of sp³-hybridized carbons (Fsp3) is 0.435. The number of likely N-dealkylation sites (tertiary alicyclic amines) is 1. The van der Waals surface area contributed by atoms with Gasteiger partial charge in [-0.1, -0.05) is 12.1 Å². The number of nitrogens with zero attached hydrogens (tertiary/aromatic N) is 5. The summed E-state index contributed by atoms with van der Waals surface area (Å²) >= 11 is 0. The van der Waals surface area contributed by atoms with Crippen molar-refractivity contribution >= 4 is 5.65 Å². The van der Waals surface area contributed by atoms with Crippen molar-refractivity contribution in [1.82, 2.24) is 19.3 Å². The number of imidazole rings is 1. The lowest BCUT2D eigenvalue weighted by Gasteiger charge is -2.41. The molecule has 1 aliphatic heterocycles. The van der Waals surface area contributed by atoms with Crippen LogP contribution in [0.2, 0.25) is 0 Å². The van der Waals surface area contributed by atoms with Crippen LogP contribution in [-0.2, 0) is 0 Å². The zero-order valence-corrected chi connectivity index (χ0v) is 16.5. The molecule has 1 saturated heterocycles. The van der Waals surface area contributed by atoms with Crippen LogP contribution in [-0.4, -0.2) is 25.8 Å². The molecule has 0 radical (unpaired) electrons. The summed E-state index contributed by atoms with van der Waals surface area (Å²) in [6.45, 7) is 3.13. The third kappa shape index (κ3) is 3.79. The summed E-state index contributed by atoms with van der Waals surface area (Å²) in [4.78, 5) is 12.3. The third-order valence-electron chi connectivity index (χ3n) is 5.80. The molecule has 0 amide bonds. The standard InChI is InChI=1S/C23H27N5/c1-18-9-8-14-25-23(18)21-11-7-10-20(28(21)16-5-2-4-13-24)19-17-27-15-6-3-12-22(27)26-19/h3,6,8-9,12,14-15,17,20-21H,2,4-5,7,10-11,16H2,1H3/t20-,21+/m1/s1. The van der Waals surface area contributed by atoms with E-state index in [2.05, 4.69) is 46.8 Å². The van der Waals surface area contributed by atoms with E-state index in [9.17, 15) is 0 Å². The van der Waals surface area contributed by atoms with Crippen LogP contribution in [0, 0.1) is 18.3 Å². The molecule has 1 aliphatic rings.